The molecule has 0 bridgehead atoms. The van der Waals surface area contributed by atoms with Gasteiger partial charge in [-0.05, 0) is 31.4 Å². The molecule has 0 amide bonds. The van der Waals surface area contributed by atoms with Gasteiger partial charge in [-0.25, -0.2) is 0 Å². The van der Waals surface area contributed by atoms with Crippen molar-refractivity contribution in [1.29, 1.82) is 0 Å². The summed E-state index contributed by atoms with van der Waals surface area (Å²) in [6.07, 6.45) is 3.96. The SMILES string of the molecule is [CH2-]C[N-]c1nc2c(c(=O)[nH]1)CCCC2.[U].[V].[W]. The van der Waals surface area contributed by atoms with Crippen LogP contribution in [0.4, 0.5) is 5.95 Å². The van der Waals surface area contributed by atoms with E-state index in [1.54, 1.807) is 0 Å². The van der Waals surface area contributed by atoms with Crippen LogP contribution >= 0.6 is 0 Å². The average Bonchev–Trinajstić information content (AvgIpc) is 2.18. The van der Waals surface area contributed by atoms with Crippen molar-refractivity contribution >= 4 is 5.95 Å². The van der Waals surface area contributed by atoms with Gasteiger partial charge in [0, 0.05) is 82.2 Å². The Kier molecular flexibility index (Phi) is 11.8. The molecule has 0 saturated heterocycles. The molecule has 1 radical (unpaired) electrons. The van der Waals surface area contributed by atoms with Gasteiger partial charge in [-0.1, -0.05) is 0 Å². The summed E-state index contributed by atoms with van der Waals surface area (Å²) >= 11 is 0. The monoisotopic (exact) mass is 664 g/mol. The third-order valence-corrected chi connectivity index (χ3v) is 2.44. The van der Waals surface area contributed by atoms with Crippen molar-refractivity contribution in [2.24, 2.45) is 0 Å². The molecule has 0 aliphatic heterocycles. The molecule has 91 valence electrons. The Hall–Kier alpha value is 1.00. The Balaban J connectivity index is 0. The zero-order valence-electron chi connectivity index (χ0n) is 9.40. The molecule has 1 heterocycles. The van der Waals surface area contributed by atoms with Crippen molar-refractivity contribution in [2.45, 2.75) is 25.7 Å². The number of rotatable bonds is 2. The van der Waals surface area contributed by atoms with Gasteiger partial charge in [0.25, 0.3) is 0 Å². The summed E-state index contributed by atoms with van der Waals surface area (Å²) in [5.41, 5.74) is 1.74. The number of nitrogens with one attached hydrogen (secondary N) is 1. The number of fused-ring (bicyclic) bond motifs is 1. The second-order valence-electron chi connectivity index (χ2n) is 3.40. The third-order valence-electron chi connectivity index (χ3n) is 2.44. The molecule has 0 saturated carbocycles. The molecule has 1 aliphatic carbocycles. The van der Waals surface area contributed by atoms with Crippen LogP contribution in [-0.4, -0.2) is 16.5 Å². The topological polar surface area (TPSA) is 59.9 Å². The fourth-order valence-corrected chi connectivity index (χ4v) is 1.77. The smallest absolute Gasteiger partial charge is 0.198 e. The number of aromatic amines is 1. The first-order valence-corrected chi connectivity index (χ1v) is 4.90. The zero-order chi connectivity index (χ0) is 9.97. The molecule has 0 unspecified atom stereocenters. The Morgan fingerprint density at radius 2 is 2.00 bits per heavy atom. The molecular formula is C10H13N3OUVW-2. The fourth-order valence-electron chi connectivity index (χ4n) is 1.77. The minimum atomic E-state index is -0.0260. The number of aromatic nitrogens is 2. The van der Waals surface area contributed by atoms with Crippen LogP contribution in [-0.2, 0) is 52.5 Å². The molecule has 0 atom stereocenters. The van der Waals surface area contributed by atoms with Crippen LogP contribution in [0.25, 0.3) is 5.32 Å². The summed E-state index contributed by atoms with van der Waals surface area (Å²) < 4.78 is 0. The Labute approximate surface area is 151 Å². The van der Waals surface area contributed by atoms with Crippen LogP contribution < -0.4 is 5.56 Å². The van der Waals surface area contributed by atoms with Crippen molar-refractivity contribution in [2.75, 3.05) is 6.54 Å². The maximum absolute atomic E-state index is 11.6. The van der Waals surface area contributed by atoms with Gasteiger partial charge in [0.05, 0.1) is 0 Å². The van der Waals surface area contributed by atoms with E-state index in [0.717, 1.165) is 36.9 Å². The molecule has 0 spiro atoms. The van der Waals surface area contributed by atoms with Crippen molar-refractivity contribution in [1.82, 2.24) is 9.97 Å². The van der Waals surface area contributed by atoms with Gasteiger partial charge >= 0.3 is 0 Å². The summed E-state index contributed by atoms with van der Waals surface area (Å²) in [5, 5.41) is 4.00. The van der Waals surface area contributed by atoms with E-state index in [9.17, 15) is 4.79 Å². The normalized spacial score (nSPS) is 12.3. The van der Waals surface area contributed by atoms with E-state index in [1.807, 2.05) is 0 Å². The Morgan fingerprint density at radius 1 is 1.35 bits per heavy atom. The summed E-state index contributed by atoms with van der Waals surface area (Å²) in [7, 11) is 0. The van der Waals surface area contributed by atoms with Gasteiger partial charge in [0.2, 0.25) is 0 Å². The average molecular weight is 664 g/mol. The number of hydrogen-bond donors (Lipinski definition) is 1. The summed E-state index contributed by atoms with van der Waals surface area (Å²) in [6, 6.07) is 0. The van der Waals surface area contributed by atoms with Crippen LogP contribution in [0.2, 0.25) is 0 Å². The third kappa shape index (κ3) is 5.25. The molecule has 1 aromatic heterocycles. The predicted molar refractivity (Wildman–Crippen MR) is 54.7 cm³/mol. The number of aryl methyl sites for hydroxylation is 1. The minimum Gasteiger partial charge on any atom is -0.426 e. The maximum Gasteiger partial charge on any atom is 0.198 e. The molecule has 2 rings (SSSR count). The quantitative estimate of drug-likeness (QED) is 0.488. The van der Waals surface area contributed by atoms with E-state index < -0.39 is 0 Å². The first-order chi connectivity index (χ1) is 6.81. The van der Waals surface area contributed by atoms with Crippen LogP contribution in [0, 0.1) is 38.0 Å². The van der Waals surface area contributed by atoms with Gasteiger partial charge in [-0.15, -0.1) is 6.54 Å². The van der Waals surface area contributed by atoms with Crippen molar-refractivity contribution in [3.63, 3.8) is 0 Å². The second kappa shape index (κ2) is 9.87. The minimum absolute atomic E-state index is 0. The van der Waals surface area contributed by atoms with Crippen LogP contribution in [0.3, 0.4) is 0 Å². The molecule has 1 N–H and O–H groups in total. The van der Waals surface area contributed by atoms with Crippen LogP contribution in [0.1, 0.15) is 24.1 Å². The maximum atomic E-state index is 11.6. The van der Waals surface area contributed by atoms with E-state index in [0.29, 0.717) is 12.5 Å². The van der Waals surface area contributed by atoms with Gasteiger partial charge in [0.1, 0.15) is 0 Å². The van der Waals surface area contributed by atoms with Gasteiger partial charge < -0.3 is 22.2 Å². The molecule has 0 aromatic carbocycles. The van der Waals surface area contributed by atoms with Crippen molar-refractivity contribution < 1.29 is 70.7 Å². The molecular weight excluding hydrogens is 651 g/mol. The standard InChI is InChI=1S/C10H14N3O.U.V.W/c1-2-11-10-12-8-6-4-3-5-7(8)9(14)13-10;;;/h1-6H2,(H2,11,12,13,14);;;/q-1;;;/p-1. The number of nitrogens with zero attached hydrogens (tertiary/aromatic N) is 2. The summed E-state index contributed by atoms with van der Waals surface area (Å²) in [5.74, 6) is 0.422. The van der Waals surface area contributed by atoms with E-state index in [-0.39, 0.29) is 76.3 Å². The molecule has 0 fully saturated rings. The number of H-pyrrole nitrogens is 1. The molecule has 1 aliphatic rings. The first kappa shape index (κ1) is 20.3. The van der Waals surface area contributed by atoms with Crippen molar-refractivity contribution in [3.05, 3.63) is 33.9 Å². The van der Waals surface area contributed by atoms with E-state index in [4.69, 9.17) is 0 Å². The summed E-state index contributed by atoms with van der Waals surface area (Å²) in [4.78, 5) is 18.5. The molecule has 4 nitrogen and oxygen atoms in total. The van der Waals surface area contributed by atoms with Crippen molar-refractivity contribution in [3.8, 4) is 0 Å². The summed E-state index contributed by atoms with van der Waals surface area (Å²) in [6.45, 7) is 4.00. The van der Waals surface area contributed by atoms with Gasteiger partial charge in [0.15, 0.2) is 5.56 Å². The van der Waals surface area contributed by atoms with Crippen LogP contribution in [0.5, 0.6) is 0 Å². The van der Waals surface area contributed by atoms with Gasteiger partial charge in [-0.2, -0.15) is 0 Å². The van der Waals surface area contributed by atoms with E-state index >= 15 is 0 Å². The molecule has 7 heteroatoms. The Morgan fingerprint density at radius 3 is 2.65 bits per heavy atom. The van der Waals surface area contributed by atoms with Crippen LogP contribution in [0.15, 0.2) is 4.79 Å². The molecule has 17 heavy (non-hydrogen) atoms. The van der Waals surface area contributed by atoms with E-state index in [1.165, 1.54) is 0 Å². The number of hydrogen-bond acceptors (Lipinski definition) is 2. The zero-order valence-corrected chi connectivity index (χ0v) is 17.9. The molecule has 1 aromatic rings. The van der Waals surface area contributed by atoms with E-state index in [2.05, 4.69) is 22.2 Å². The second-order valence-corrected chi connectivity index (χ2v) is 3.40. The fraction of sp³-hybridized carbons (Fsp3) is 0.500. The van der Waals surface area contributed by atoms with Gasteiger partial charge in [-0.3, -0.25) is 4.79 Å². The largest absolute Gasteiger partial charge is 0.426 e. The Bertz CT molecular complexity index is 400. The predicted octanol–water partition coefficient (Wildman–Crippen LogP) is 1.48. The first-order valence-electron chi connectivity index (χ1n) is 4.90.